The Hall–Kier alpha value is -2.34. The molecule has 0 heterocycles. The van der Waals surface area contributed by atoms with E-state index in [4.69, 9.17) is 0 Å². The van der Waals surface area contributed by atoms with Crippen molar-refractivity contribution in [1.29, 1.82) is 0 Å². The molecule has 0 aliphatic rings. The molecule has 5 nitrogen and oxygen atoms in total. The van der Waals surface area contributed by atoms with Crippen LogP contribution in [0.2, 0.25) is 0 Å². The van der Waals surface area contributed by atoms with E-state index < -0.39 is 10.0 Å². The Morgan fingerprint density at radius 2 is 1.72 bits per heavy atom. The molecule has 0 radical (unpaired) electrons. The predicted molar refractivity (Wildman–Crippen MR) is 120 cm³/mol. The number of carbonyl (C=O) groups excluding carboxylic acids is 1. The van der Waals surface area contributed by atoms with E-state index >= 15 is 0 Å². The average Bonchev–Trinajstić information content (AvgIpc) is 2.66. The number of anilines is 1. The van der Waals surface area contributed by atoms with E-state index in [1.807, 2.05) is 51.1 Å². The second-order valence-electron chi connectivity index (χ2n) is 7.59. The minimum Gasteiger partial charge on any atom is -0.350 e. The van der Waals surface area contributed by atoms with Crippen molar-refractivity contribution in [2.75, 3.05) is 17.1 Å². The topological polar surface area (TPSA) is 66.5 Å². The van der Waals surface area contributed by atoms with Gasteiger partial charge >= 0.3 is 0 Å². The van der Waals surface area contributed by atoms with Crippen molar-refractivity contribution in [2.24, 2.45) is 0 Å². The molecular formula is C23H32N2O3S. The minimum atomic E-state index is -3.42. The summed E-state index contributed by atoms with van der Waals surface area (Å²) < 4.78 is 25.9. The minimum absolute atomic E-state index is 0.0781. The number of hydrogen-bond acceptors (Lipinski definition) is 3. The van der Waals surface area contributed by atoms with Gasteiger partial charge in [-0.3, -0.25) is 9.10 Å². The molecule has 0 aromatic heterocycles. The maximum Gasteiger partial charge on any atom is 0.232 e. The van der Waals surface area contributed by atoms with Crippen molar-refractivity contribution in [2.45, 2.75) is 53.0 Å². The molecule has 29 heavy (non-hydrogen) atoms. The van der Waals surface area contributed by atoms with Gasteiger partial charge in [-0.15, -0.1) is 0 Å². The molecule has 0 aliphatic heterocycles. The Kier molecular flexibility index (Phi) is 7.85. The van der Waals surface area contributed by atoms with Crippen molar-refractivity contribution in [3.05, 3.63) is 64.7 Å². The van der Waals surface area contributed by atoms with E-state index in [0.717, 1.165) is 23.1 Å². The smallest absolute Gasteiger partial charge is 0.232 e. The van der Waals surface area contributed by atoms with Crippen LogP contribution in [-0.2, 0) is 21.2 Å². The second-order valence-corrected chi connectivity index (χ2v) is 9.50. The van der Waals surface area contributed by atoms with Gasteiger partial charge in [-0.25, -0.2) is 8.42 Å². The van der Waals surface area contributed by atoms with Crippen LogP contribution in [0.5, 0.6) is 0 Å². The number of sulfonamides is 1. The lowest BCUT2D eigenvalue weighted by Crippen LogP contribution is -2.32. The SMILES string of the molecule is CCc1ccc([C@@H](C)NC(=O)CCCN(c2ccc(C)c(C)c2)S(C)(=O)=O)cc1. The molecule has 0 aliphatic carbocycles. The summed E-state index contributed by atoms with van der Waals surface area (Å²) in [6, 6.07) is 13.7. The van der Waals surface area contributed by atoms with Crippen LogP contribution in [0, 0.1) is 13.8 Å². The maximum atomic E-state index is 12.3. The summed E-state index contributed by atoms with van der Waals surface area (Å²) in [5, 5.41) is 3.00. The highest BCUT2D eigenvalue weighted by molar-refractivity contribution is 7.92. The van der Waals surface area contributed by atoms with E-state index in [2.05, 4.69) is 24.4 Å². The quantitative estimate of drug-likeness (QED) is 0.663. The second kappa shape index (κ2) is 9.92. The first-order valence-corrected chi connectivity index (χ1v) is 11.9. The number of nitrogens with zero attached hydrogens (tertiary/aromatic N) is 1. The summed E-state index contributed by atoms with van der Waals surface area (Å²) >= 11 is 0. The Labute approximate surface area is 175 Å². The summed E-state index contributed by atoms with van der Waals surface area (Å²) in [6.07, 6.45) is 2.91. The number of aryl methyl sites for hydroxylation is 3. The van der Waals surface area contributed by atoms with Gasteiger partial charge in [0.25, 0.3) is 0 Å². The number of benzene rings is 2. The Morgan fingerprint density at radius 1 is 1.07 bits per heavy atom. The third-order valence-electron chi connectivity index (χ3n) is 5.21. The number of carbonyl (C=O) groups is 1. The van der Waals surface area contributed by atoms with Gasteiger partial charge in [0.1, 0.15) is 0 Å². The molecule has 0 bridgehead atoms. The van der Waals surface area contributed by atoms with E-state index in [9.17, 15) is 13.2 Å². The molecule has 1 amide bonds. The van der Waals surface area contributed by atoms with Crippen LogP contribution >= 0.6 is 0 Å². The lowest BCUT2D eigenvalue weighted by Gasteiger charge is -2.23. The molecule has 0 saturated carbocycles. The van der Waals surface area contributed by atoms with Gasteiger partial charge < -0.3 is 5.32 Å². The van der Waals surface area contributed by atoms with Crippen molar-refractivity contribution < 1.29 is 13.2 Å². The van der Waals surface area contributed by atoms with Gasteiger partial charge in [-0.2, -0.15) is 0 Å². The van der Waals surface area contributed by atoms with Crippen LogP contribution in [0.15, 0.2) is 42.5 Å². The summed E-state index contributed by atoms with van der Waals surface area (Å²) in [6.45, 7) is 8.29. The first-order valence-electron chi connectivity index (χ1n) is 10.0. The van der Waals surface area contributed by atoms with Gasteiger partial charge in [0.2, 0.25) is 15.9 Å². The highest BCUT2D eigenvalue weighted by Crippen LogP contribution is 2.22. The first-order chi connectivity index (χ1) is 13.6. The van der Waals surface area contributed by atoms with Crippen molar-refractivity contribution in [1.82, 2.24) is 5.32 Å². The van der Waals surface area contributed by atoms with Crippen LogP contribution in [-0.4, -0.2) is 27.1 Å². The molecule has 2 aromatic carbocycles. The highest BCUT2D eigenvalue weighted by Gasteiger charge is 2.18. The van der Waals surface area contributed by atoms with Gasteiger partial charge in [-0.1, -0.05) is 37.3 Å². The lowest BCUT2D eigenvalue weighted by molar-refractivity contribution is -0.121. The molecular weight excluding hydrogens is 384 g/mol. The van der Waals surface area contributed by atoms with E-state index in [-0.39, 0.29) is 24.9 Å². The van der Waals surface area contributed by atoms with Gasteiger partial charge in [0, 0.05) is 13.0 Å². The molecule has 2 aromatic rings. The van der Waals surface area contributed by atoms with Crippen LogP contribution in [0.25, 0.3) is 0 Å². The summed E-state index contributed by atoms with van der Waals surface area (Å²) in [5.74, 6) is -0.0781. The molecule has 6 heteroatoms. The first kappa shape index (κ1) is 22.9. The zero-order chi connectivity index (χ0) is 21.6. The number of nitrogens with one attached hydrogen (secondary N) is 1. The van der Waals surface area contributed by atoms with Gasteiger partial charge in [0.05, 0.1) is 18.0 Å². The van der Waals surface area contributed by atoms with E-state index in [0.29, 0.717) is 12.1 Å². The zero-order valence-corrected chi connectivity index (χ0v) is 18.8. The fourth-order valence-electron chi connectivity index (χ4n) is 3.19. The van der Waals surface area contributed by atoms with Crippen LogP contribution in [0.1, 0.15) is 55.0 Å². The third-order valence-corrected chi connectivity index (χ3v) is 6.40. The molecule has 0 saturated heterocycles. The molecule has 0 fully saturated rings. The Balaban J connectivity index is 1.94. The fourth-order valence-corrected chi connectivity index (χ4v) is 4.15. The van der Waals surface area contributed by atoms with Crippen molar-refractivity contribution >= 4 is 21.6 Å². The van der Waals surface area contributed by atoms with E-state index in [1.54, 1.807) is 0 Å². The predicted octanol–water partition coefficient (Wildman–Crippen LogP) is 4.29. The normalized spacial score (nSPS) is 12.4. The van der Waals surface area contributed by atoms with Crippen molar-refractivity contribution in [3.8, 4) is 0 Å². The summed E-state index contributed by atoms with van der Waals surface area (Å²) in [7, 11) is -3.42. The van der Waals surface area contributed by atoms with Crippen molar-refractivity contribution in [3.63, 3.8) is 0 Å². The number of hydrogen-bond donors (Lipinski definition) is 1. The summed E-state index contributed by atoms with van der Waals surface area (Å²) in [4.78, 5) is 12.3. The average molecular weight is 417 g/mol. The zero-order valence-electron chi connectivity index (χ0n) is 18.0. The third kappa shape index (κ3) is 6.60. The van der Waals surface area contributed by atoms with E-state index in [1.165, 1.54) is 16.1 Å². The highest BCUT2D eigenvalue weighted by atomic mass is 32.2. The largest absolute Gasteiger partial charge is 0.350 e. The fraction of sp³-hybridized carbons (Fsp3) is 0.435. The van der Waals surface area contributed by atoms with Gasteiger partial charge in [0.15, 0.2) is 0 Å². The van der Waals surface area contributed by atoms with Gasteiger partial charge in [-0.05, 0) is 68.0 Å². The maximum absolute atomic E-state index is 12.3. The molecule has 1 N–H and O–H groups in total. The monoisotopic (exact) mass is 416 g/mol. The molecule has 0 unspecified atom stereocenters. The lowest BCUT2D eigenvalue weighted by atomic mass is 10.0. The molecule has 2 rings (SSSR count). The molecule has 1 atom stereocenters. The number of rotatable bonds is 9. The summed E-state index contributed by atoms with van der Waals surface area (Å²) in [5.41, 5.74) is 5.11. The molecule has 158 valence electrons. The standard InChI is InChI=1S/C23H32N2O3S/c1-6-20-10-12-21(13-11-20)19(4)24-23(26)8-7-15-25(29(5,27)28)22-14-9-17(2)18(3)16-22/h9-14,16,19H,6-8,15H2,1-5H3,(H,24,26)/t19-/m1/s1. The van der Waals surface area contributed by atoms with Crippen LogP contribution in [0.3, 0.4) is 0 Å². The molecule has 0 spiro atoms. The Bertz CT molecular complexity index is 937. The number of amides is 1. The Morgan fingerprint density at radius 3 is 2.28 bits per heavy atom. The van der Waals surface area contributed by atoms with Crippen LogP contribution in [0.4, 0.5) is 5.69 Å². The van der Waals surface area contributed by atoms with Crippen LogP contribution < -0.4 is 9.62 Å².